The predicted octanol–water partition coefficient (Wildman–Crippen LogP) is 3.14. The second kappa shape index (κ2) is 7.16. The van der Waals surface area contributed by atoms with Crippen molar-refractivity contribution in [3.63, 3.8) is 0 Å². The van der Waals surface area contributed by atoms with Crippen LogP contribution in [0.1, 0.15) is 17.4 Å². The normalized spacial score (nSPS) is 11.0. The third-order valence-corrected chi connectivity index (χ3v) is 5.07. The average molecular weight is 381 g/mol. The SMILES string of the molecule is CCc1cc(=O)oc2nc(OCc3ccc(-c4ccccn4)s3)[nH]c(=O)c12. The number of H-pyrrole nitrogens is 1. The van der Waals surface area contributed by atoms with E-state index in [0.29, 0.717) is 12.0 Å². The highest BCUT2D eigenvalue weighted by Crippen LogP contribution is 2.27. The monoisotopic (exact) mass is 381 g/mol. The van der Waals surface area contributed by atoms with E-state index in [9.17, 15) is 9.59 Å². The molecule has 0 bridgehead atoms. The van der Waals surface area contributed by atoms with Crippen molar-refractivity contribution in [1.29, 1.82) is 0 Å². The van der Waals surface area contributed by atoms with E-state index in [1.54, 1.807) is 17.5 Å². The number of nitrogens with one attached hydrogen (secondary N) is 1. The van der Waals surface area contributed by atoms with Crippen LogP contribution >= 0.6 is 11.3 Å². The molecule has 8 heteroatoms. The summed E-state index contributed by atoms with van der Waals surface area (Å²) >= 11 is 1.54. The smallest absolute Gasteiger partial charge is 0.337 e. The van der Waals surface area contributed by atoms with E-state index in [4.69, 9.17) is 9.15 Å². The van der Waals surface area contributed by atoms with E-state index in [2.05, 4.69) is 15.0 Å². The highest BCUT2D eigenvalue weighted by atomic mass is 32.1. The van der Waals surface area contributed by atoms with Crippen LogP contribution in [0.3, 0.4) is 0 Å². The molecule has 4 aromatic heterocycles. The Morgan fingerprint density at radius 3 is 2.89 bits per heavy atom. The number of nitrogens with zero attached hydrogens (tertiary/aromatic N) is 2. The number of aromatic nitrogens is 3. The number of aryl methyl sites for hydroxylation is 1. The van der Waals surface area contributed by atoms with Crippen molar-refractivity contribution in [2.75, 3.05) is 0 Å². The summed E-state index contributed by atoms with van der Waals surface area (Å²) < 4.78 is 10.7. The summed E-state index contributed by atoms with van der Waals surface area (Å²) in [5, 5.41) is 0.276. The molecule has 0 saturated carbocycles. The van der Waals surface area contributed by atoms with Gasteiger partial charge in [-0.05, 0) is 36.2 Å². The van der Waals surface area contributed by atoms with Crippen molar-refractivity contribution in [3.05, 3.63) is 73.8 Å². The fourth-order valence-corrected chi connectivity index (χ4v) is 3.62. The second-order valence-electron chi connectivity index (χ2n) is 5.77. The first-order chi connectivity index (χ1) is 13.1. The molecule has 1 N–H and O–H groups in total. The number of thiophene rings is 1. The Morgan fingerprint density at radius 1 is 1.22 bits per heavy atom. The van der Waals surface area contributed by atoms with E-state index in [-0.39, 0.29) is 23.7 Å². The lowest BCUT2D eigenvalue weighted by Crippen LogP contribution is -2.15. The van der Waals surface area contributed by atoms with Crippen LogP contribution in [0.5, 0.6) is 6.01 Å². The average Bonchev–Trinajstić information content (AvgIpc) is 3.15. The van der Waals surface area contributed by atoms with E-state index >= 15 is 0 Å². The highest BCUT2D eigenvalue weighted by molar-refractivity contribution is 7.15. The summed E-state index contributed by atoms with van der Waals surface area (Å²) in [4.78, 5) is 37.0. The molecule has 0 aliphatic heterocycles. The summed E-state index contributed by atoms with van der Waals surface area (Å²) in [6.45, 7) is 2.08. The van der Waals surface area contributed by atoms with Gasteiger partial charge >= 0.3 is 5.63 Å². The molecule has 0 aliphatic carbocycles. The zero-order chi connectivity index (χ0) is 18.8. The van der Waals surface area contributed by atoms with Crippen LogP contribution in [0.2, 0.25) is 0 Å². The zero-order valence-electron chi connectivity index (χ0n) is 14.4. The number of rotatable bonds is 5. The summed E-state index contributed by atoms with van der Waals surface area (Å²) in [5.41, 5.74) is 0.538. The molecule has 4 heterocycles. The molecule has 0 fully saturated rings. The molecule has 0 amide bonds. The molecule has 0 aliphatic rings. The molecule has 7 nitrogen and oxygen atoms in total. The Labute approximate surface area is 157 Å². The lowest BCUT2D eigenvalue weighted by atomic mass is 10.1. The van der Waals surface area contributed by atoms with Crippen LogP contribution in [-0.2, 0) is 13.0 Å². The molecule has 0 unspecified atom stereocenters. The van der Waals surface area contributed by atoms with Crippen molar-refractivity contribution < 1.29 is 9.15 Å². The number of fused-ring (bicyclic) bond motifs is 1. The molecular weight excluding hydrogens is 366 g/mol. The first-order valence-electron chi connectivity index (χ1n) is 8.34. The Kier molecular flexibility index (Phi) is 4.55. The van der Waals surface area contributed by atoms with Gasteiger partial charge in [0.25, 0.3) is 11.6 Å². The minimum Gasteiger partial charge on any atom is -0.459 e. The Bertz CT molecular complexity index is 1210. The van der Waals surface area contributed by atoms with Crippen LogP contribution in [0.4, 0.5) is 0 Å². The van der Waals surface area contributed by atoms with E-state index in [1.165, 1.54) is 6.07 Å². The van der Waals surface area contributed by atoms with Gasteiger partial charge in [0.15, 0.2) is 0 Å². The molecule has 4 rings (SSSR count). The number of aromatic amines is 1. The topological polar surface area (TPSA) is 98.1 Å². The van der Waals surface area contributed by atoms with Crippen LogP contribution < -0.4 is 15.9 Å². The molecule has 27 heavy (non-hydrogen) atoms. The Hall–Kier alpha value is -3.26. The van der Waals surface area contributed by atoms with Gasteiger partial charge in [0.1, 0.15) is 12.0 Å². The third kappa shape index (κ3) is 3.52. The van der Waals surface area contributed by atoms with Gasteiger partial charge in [0.05, 0.1) is 10.6 Å². The van der Waals surface area contributed by atoms with Gasteiger partial charge in [-0.15, -0.1) is 11.3 Å². The van der Waals surface area contributed by atoms with Crippen LogP contribution in [0.25, 0.3) is 21.7 Å². The third-order valence-electron chi connectivity index (χ3n) is 3.99. The molecule has 0 atom stereocenters. The van der Waals surface area contributed by atoms with Gasteiger partial charge in [-0.1, -0.05) is 13.0 Å². The molecule has 0 radical (unpaired) electrons. The quantitative estimate of drug-likeness (QED) is 0.570. The maximum absolute atomic E-state index is 12.3. The first-order valence-corrected chi connectivity index (χ1v) is 9.15. The van der Waals surface area contributed by atoms with Crippen LogP contribution in [0, 0.1) is 0 Å². The van der Waals surface area contributed by atoms with Crippen molar-refractivity contribution in [2.24, 2.45) is 0 Å². The lowest BCUT2D eigenvalue weighted by Gasteiger charge is -2.05. The van der Waals surface area contributed by atoms with Gasteiger partial charge < -0.3 is 9.15 Å². The van der Waals surface area contributed by atoms with Gasteiger partial charge in [-0.25, -0.2) is 4.79 Å². The number of hydrogen-bond donors (Lipinski definition) is 1. The van der Waals surface area contributed by atoms with E-state index in [0.717, 1.165) is 15.4 Å². The van der Waals surface area contributed by atoms with Gasteiger partial charge in [0.2, 0.25) is 5.71 Å². The van der Waals surface area contributed by atoms with Crippen molar-refractivity contribution in [1.82, 2.24) is 15.0 Å². The summed E-state index contributed by atoms with van der Waals surface area (Å²) in [6.07, 6.45) is 2.27. The Balaban J connectivity index is 1.59. The first kappa shape index (κ1) is 17.2. The highest BCUT2D eigenvalue weighted by Gasteiger charge is 2.13. The fourth-order valence-electron chi connectivity index (χ4n) is 2.72. The molecule has 4 aromatic rings. The zero-order valence-corrected chi connectivity index (χ0v) is 15.2. The summed E-state index contributed by atoms with van der Waals surface area (Å²) in [5.74, 6) is 0. The molecule has 0 aromatic carbocycles. The van der Waals surface area contributed by atoms with E-state index < -0.39 is 11.2 Å². The minimum absolute atomic E-state index is 0.0108. The van der Waals surface area contributed by atoms with Gasteiger partial charge in [0, 0.05) is 17.1 Å². The van der Waals surface area contributed by atoms with Gasteiger partial charge in [-0.3, -0.25) is 14.8 Å². The maximum atomic E-state index is 12.3. The predicted molar refractivity (Wildman–Crippen MR) is 102 cm³/mol. The van der Waals surface area contributed by atoms with Crippen LogP contribution in [-0.4, -0.2) is 15.0 Å². The van der Waals surface area contributed by atoms with Gasteiger partial charge in [-0.2, -0.15) is 4.98 Å². The molecule has 136 valence electrons. The fraction of sp³-hybridized carbons (Fsp3) is 0.158. The standard InChI is InChI=1S/C19H15N3O4S/c1-2-11-9-15(23)26-18-16(11)17(24)21-19(22-18)25-10-12-6-7-14(27-12)13-5-3-4-8-20-13/h3-9H,2,10H2,1H3,(H,21,22,24). The number of ether oxygens (including phenoxy) is 1. The molecular formula is C19H15N3O4S. The molecule has 0 spiro atoms. The van der Waals surface area contributed by atoms with Crippen LogP contribution in [0.15, 0.2) is 56.6 Å². The molecule has 0 saturated heterocycles. The maximum Gasteiger partial charge on any atom is 0.337 e. The van der Waals surface area contributed by atoms with Crippen molar-refractivity contribution >= 4 is 22.4 Å². The van der Waals surface area contributed by atoms with Crippen molar-refractivity contribution in [3.8, 4) is 16.6 Å². The summed E-state index contributed by atoms with van der Waals surface area (Å²) in [6, 6.07) is 11.0. The summed E-state index contributed by atoms with van der Waals surface area (Å²) in [7, 11) is 0. The lowest BCUT2D eigenvalue weighted by molar-refractivity contribution is 0.282. The Morgan fingerprint density at radius 2 is 2.11 bits per heavy atom. The van der Waals surface area contributed by atoms with E-state index in [1.807, 2.05) is 37.3 Å². The number of hydrogen-bond acceptors (Lipinski definition) is 7. The second-order valence-corrected chi connectivity index (χ2v) is 6.93. The van der Waals surface area contributed by atoms with Crippen molar-refractivity contribution in [2.45, 2.75) is 20.0 Å². The largest absolute Gasteiger partial charge is 0.459 e. The minimum atomic E-state index is -0.540. The number of pyridine rings is 1.